The second kappa shape index (κ2) is 11.6. The first kappa shape index (κ1) is 29.0. The van der Waals surface area contributed by atoms with Crippen LogP contribution in [0.15, 0.2) is 47.0 Å². The van der Waals surface area contributed by atoms with E-state index in [-0.39, 0.29) is 35.1 Å². The van der Waals surface area contributed by atoms with Crippen molar-refractivity contribution in [2.45, 2.75) is 56.6 Å². The van der Waals surface area contributed by atoms with E-state index in [0.29, 0.717) is 55.8 Å². The number of para-hydroxylation sites is 1. The lowest BCUT2D eigenvalue weighted by atomic mass is 9.76. The van der Waals surface area contributed by atoms with Gasteiger partial charge in [-0.3, -0.25) is 4.79 Å². The number of carbonyl (C=O) groups is 1. The second-order valence-electron chi connectivity index (χ2n) is 11.3. The molecule has 10 nitrogen and oxygen atoms in total. The van der Waals surface area contributed by atoms with Crippen molar-refractivity contribution in [3.8, 4) is 34.7 Å². The van der Waals surface area contributed by atoms with Gasteiger partial charge in [-0.05, 0) is 37.8 Å². The van der Waals surface area contributed by atoms with E-state index in [1.54, 1.807) is 0 Å². The number of anilines is 1. The number of pyridine rings is 1. The normalized spacial score (nSPS) is 22.5. The van der Waals surface area contributed by atoms with Crippen LogP contribution in [-0.2, 0) is 14.6 Å². The van der Waals surface area contributed by atoms with E-state index in [2.05, 4.69) is 21.1 Å². The van der Waals surface area contributed by atoms with E-state index in [0.717, 1.165) is 24.1 Å². The van der Waals surface area contributed by atoms with Gasteiger partial charge in [-0.15, -0.1) is 0 Å². The molecule has 0 unspecified atom stereocenters. The average molecular weight is 612 g/mol. The fraction of sp³-hybridized carbons (Fsp3) is 0.467. The van der Waals surface area contributed by atoms with Gasteiger partial charge in [0.2, 0.25) is 17.7 Å². The van der Waals surface area contributed by atoms with Crippen LogP contribution in [0, 0.1) is 17.2 Å². The van der Waals surface area contributed by atoms with Crippen molar-refractivity contribution in [2.24, 2.45) is 5.92 Å². The lowest BCUT2D eigenvalue weighted by Gasteiger charge is -2.32. The lowest BCUT2D eigenvalue weighted by Crippen LogP contribution is -2.42. The Morgan fingerprint density at radius 3 is 2.56 bits per heavy atom. The van der Waals surface area contributed by atoms with Crippen LogP contribution < -0.4 is 15.0 Å². The molecule has 3 fully saturated rings. The fourth-order valence-electron chi connectivity index (χ4n) is 5.95. The monoisotopic (exact) mass is 611 g/mol. The molecule has 1 N–H and O–H groups in total. The summed E-state index contributed by atoms with van der Waals surface area (Å²) in [5, 5.41) is 12.5. The van der Waals surface area contributed by atoms with Gasteiger partial charge in [0, 0.05) is 48.4 Å². The van der Waals surface area contributed by atoms with Gasteiger partial charge in [-0.1, -0.05) is 31.0 Å². The SMILES string of the molecule is N#CC1(NC(=O)[C@@H]2CCCC[C@H]2c2oc(-c3ccc(OC(F)F)nc3)nc2-c2ccccc2N2CCS(=O)(=O)CC2)CC1. The molecule has 3 aliphatic rings. The third kappa shape index (κ3) is 6.20. The highest BCUT2D eigenvalue weighted by atomic mass is 32.2. The number of benzene rings is 1. The first-order valence-electron chi connectivity index (χ1n) is 14.4. The lowest BCUT2D eigenvalue weighted by molar-refractivity contribution is -0.127. The number of sulfone groups is 1. The standard InChI is InChI=1S/C30H31F2N5O5S/c31-29(32)41-24-10-9-19(17-34-24)28-35-25(22-7-3-4-8-23(22)37-13-15-43(39,40)16-14-37)26(42-28)20-5-1-2-6-21(20)27(38)36-30(18-33)11-12-30/h3-4,7-10,17,20-21,29H,1-2,5-6,11-16H2,(H,36,38)/t20-,21-/m1/s1. The summed E-state index contributed by atoms with van der Waals surface area (Å²) in [5.74, 6) is -0.386. The second-order valence-corrected chi connectivity index (χ2v) is 13.6. The highest BCUT2D eigenvalue weighted by Crippen LogP contribution is 2.46. The maximum atomic E-state index is 13.5. The molecule has 3 aromatic rings. The number of oxazole rings is 1. The Balaban J connectivity index is 1.42. The van der Waals surface area contributed by atoms with Crippen LogP contribution in [0.2, 0.25) is 0 Å². The number of aromatic nitrogens is 2. The van der Waals surface area contributed by atoms with Crippen LogP contribution in [0.5, 0.6) is 5.88 Å². The molecule has 0 radical (unpaired) electrons. The van der Waals surface area contributed by atoms with Crippen LogP contribution in [0.25, 0.3) is 22.7 Å². The largest absolute Gasteiger partial charge is 0.440 e. The summed E-state index contributed by atoms with van der Waals surface area (Å²) < 4.78 is 60.5. The quantitative estimate of drug-likeness (QED) is 0.385. The van der Waals surface area contributed by atoms with Gasteiger partial charge in [-0.2, -0.15) is 14.0 Å². The molecule has 2 atom stereocenters. The zero-order valence-corrected chi connectivity index (χ0v) is 24.2. The number of hydrogen-bond donors (Lipinski definition) is 1. The first-order valence-corrected chi connectivity index (χ1v) is 16.2. The molecule has 1 amide bonds. The topological polar surface area (TPSA) is 138 Å². The fourth-order valence-corrected chi connectivity index (χ4v) is 7.15. The maximum Gasteiger partial charge on any atom is 0.388 e. The summed E-state index contributed by atoms with van der Waals surface area (Å²) in [4.78, 5) is 24.4. The van der Waals surface area contributed by atoms with Crippen molar-refractivity contribution in [3.63, 3.8) is 0 Å². The van der Waals surface area contributed by atoms with Crippen molar-refractivity contribution < 1.29 is 31.1 Å². The molecule has 3 heterocycles. The number of alkyl halides is 2. The number of rotatable bonds is 8. The molecule has 6 rings (SSSR count). The van der Waals surface area contributed by atoms with E-state index in [4.69, 9.17) is 9.40 Å². The van der Waals surface area contributed by atoms with E-state index in [1.165, 1.54) is 18.3 Å². The first-order chi connectivity index (χ1) is 20.7. The molecule has 1 aliphatic heterocycles. The summed E-state index contributed by atoms with van der Waals surface area (Å²) in [6.07, 6.45) is 5.62. The van der Waals surface area contributed by atoms with Gasteiger partial charge >= 0.3 is 6.61 Å². The van der Waals surface area contributed by atoms with Crippen LogP contribution in [0.1, 0.15) is 50.2 Å². The van der Waals surface area contributed by atoms with Crippen molar-refractivity contribution in [1.82, 2.24) is 15.3 Å². The van der Waals surface area contributed by atoms with Crippen molar-refractivity contribution in [1.29, 1.82) is 5.26 Å². The third-order valence-corrected chi connectivity index (χ3v) is 10.1. The molecular weight excluding hydrogens is 580 g/mol. The molecule has 2 aliphatic carbocycles. The molecule has 1 saturated heterocycles. The number of ether oxygens (including phenoxy) is 1. The van der Waals surface area contributed by atoms with Crippen molar-refractivity contribution in [2.75, 3.05) is 29.5 Å². The Hall–Kier alpha value is -4.05. The van der Waals surface area contributed by atoms with Gasteiger partial charge < -0.3 is 19.4 Å². The Morgan fingerprint density at radius 1 is 1.14 bits per heavy atom. The van der Waals surface area contributed by atoms with Gasteiger partial charge in [0.05, 0.1) is 23.1 Å². The van der Waals surface area contributed by atoms with Gasteiger partial charge in [0.25, 0.3) is 0 Å². The zero-order valence-electron chi connectivity index (χ0n) is 23.3. The maximum absolute atomic E-state index is 13.5. The van der Waals surface area contributed by atoms with E-state index < -0.39 is 27.9 Å². The molecule has 2 saturated carbocycles. The molecule has 226 valence electrons. The number of hydrogen-bond acceptors (Lipinski definition) is 9. The van der Waals surface area contributed by atoms with Gasteiger partial charge in [0.1, 0.15) is 17.0 Å². The predicted octanol–water partition coefficient (Wildman–Crippen LogP) is 4.69. The van der Waals surface area contributed by atoms with Crippen LogP contribution in [0.3, 0.4) is 0 Å². The number of amides is 1. The Bertz CT molecular complexity index is 1640. The van der Waals surface area contributed by atoms with Gasteiger partial charge in [-0.25, -0.2) is 18.4 Å². The molecule has 2 aromatic heterocycles. The van der Waals surface area contributed by atoms with E-state index >= 15 is 0 Å². The molecule has 0 bridgehead atoms. The summed E-state index contributed by atoms with van der Waals surface area (Å²) >= 11 is 0. The smallest absolute Gasteiger partial charge is 0.388 e. The summed E-state index contributed by atoms with van der Waals surface area (Å²) in [6, 6.07) is 12.6. The minimum absolute atomic E-state index is 0.0441. The zero-order chi connectivity index (χ0) is 30.2. The van der Waals surface area contributed by atoms with E-state index in [1.807, 2.05) is 29.2 Å². The highest BCUT2D eigenvalue weighted by Gasteiger charge is 2.47. The van der Waals surface area contributed by atoms with Crippen LogP contribution in [0.4, 0.5) is 14.5 Å². The minimum atomic E-state index is -3.11. The minimum Gasteiger partial charge on any atom is -0.440 e. The van der Waals surface area contributed by atoms with Crippen molar-refractivity contribution in [3.05, 3.63) is 48.4 Å². The number of halogens is 2. The highest BCUT2D eigenvalue weighted by molar-refractivity contribution is 7.91. The molecule has 13 heteroatoms. The van der Waals surface area contributed by atoms with Crippen molar-refractivity contribution >= 4 is 21.4 Å². The summed E-state index contributed by atoms with van der Waals surface area (Å²) in [6.45, 7) is -2.34. The number of carbonyl (C=O) groups excluding carboxylic acids is 1. The Labute approximate surface area is 248 Å². The predicted molar refractivity (Wildman–Crippen MR) is 153 cm³/mol. The van der Waals surface area contributed by atoms with Gasteiger partial charge in [0.15, 0.2) is 9.84 Å². The Kier molecular flexibility index (Phi) is 7.81. The average Bonchev–Trinajstić information content (AvgIpc) is 3.64. The number of nitrogens with one attached hydrogen (secondary N) is 1. The van der Waals surface area contributed by atoms with E-state index in [9.17, 15) is 27.3 Å². The van der Waals surface area contributed by atoms with Crippen LogP contribution >= 0.6 is 0 Å². The number of nitrogens with zero attached hydrogens (tertiary/aromatic N) is 4. The summed E-state index contributed by atoms with van der Waals surface area (Å²) in [5.41, 5.74) is 1.70. The van der Waals surface area contributed by atoms with Crippen LogP contribution in [-0.4, -0.2) is 61.0 Å². The Morgan fingerprint density at radius 2 is 1.88 bits per heavy atom. The molecule has 43 heavy (non-hydrogen) atoms. The molecule has 0 spiro atoms. The summed E-state index contributed by atoms with van der Waals surface area (Å²) in [7, 11) is -3.11. The molecular formula is C30H31F2N5O5S. The molecule has 1 aromatic carbocycles. The number of nitriles is 1. The third-order valence-electron chi connectivity index (χ3n) is 8.46.